The predicted octanol–water partition coefficient (Wildman–Crippen LogP) is 6.67. The first-order chi connectivity index (χ1) is 23.7. The molecule has 49 heavy (non-hydrogen) atoms. The Bertz CT molecular complexity index is 2010. The standard InChI is InChI=1S/C39H40N6O4/c1-39(2,3)49-38(47)41-21-23-48-36-24-35(44-34-15-9-6-12-31(34)36)37(46)40-20-22-45(25-29-18-16-27-10-4-7-13-32(27)42-29)26-30-19-17-28-11-5-8-14-33(28)43-30/h4-19,24H,20-23,25-26H2,1-3H3,(H,40,46)(H,41,47). The highest BCUT2D eigenvalue weighted by Gasteiger charge is 2.17. The summed E-state index contributed by atoms with van der Waals surface area (Å²) in [7, 11) is 0. The van der Waals surface area contributed by atoms with Crippen LogP contribution in [0.25, 0.3) is 32.7 Å². The summed E-state index contributed by atoms with van der Waals surface area (Å²) in [6.07, 6.45) is -0.516. The Kier molecular flexibility index (Phi) is 10.2. The molecule has 10 nitrogen and oxygen atoms in total. The number of fused-ring (bicyclic) bond motifs is 3. The number of aromatic nitrogens is 3. The molecule has 0 aliphatic carbocycles. The van der Waals surface area contributed by atoms with Crippen molar-refractivity contribution < 1.29 is 19.1 Å². The molecule has 3 heterocycles. The molecule has 6 rings (SSSR count). The number of alkyl carbamates (subject to hydrolysis) is 1. The second-order valence-corrected chi connectivity index (χ2v) is 12.8. The van der Waals surface area contributed by atoms with Crippen molar-refractivity contribution >= 4 is 44.7 Å². The summed E-state index contributed by atoms with van der Waals surface area (Å²) in [6.45, 7) is 7.95. The largest absolute Gasteiger partial charge is 0.491 e. The van der Waals surface area contributed by atoms with Crippen LogP contribution >= 0.6 is 0 Å². The molecule has 3 aromatic carbocycles. The average Bonchev–Trinajstić information content (AvgIpc) is 3.09. The van der Waals surface area contributed by atoms with Crippen LogP contribution in [0.1, 0.15) is 42.6 Å². The lowest BCUT2D eigenvalue weighted by Gasteiger charge is -2.22. The van der Waals surface area contributed by atoms with Crippen molar-refractivity contribution in [2.24, 2.45) is 0 Å². The van der Waals surface area contributed by atoms with Crippen molar-refractivity contribution in [1.82, 2.24) is 30.5 Å². The molecule has 0 saturated carbocycles. The van der Waals surface area contributed by atoms with E-state index in [9.17, 15) is 9.59 Å². The highest BCUT2D eigenvalue weighted by atomic mass is 16.6. The minimum atomic E-state index is -0.591. The Morgan fingerprint density at radius 3 is 1.92 bits per heavy atom. The monoisotopic (exact) mass is 656 g/mol. The number of rotatable bonds is 12. The lowest BCUT2D eigenvalue weighted by Crippen LogP contribution is -2.35. The van der Waals surface area contributed by atoms with Gasteiger partial charge in [0.2, 0.25) is 0 Å². The van der Waals surface area contributed by atoms with Crippen molar-refractivity contribution in [1.29, 1.82) is 0 Å². The number of nitrogens with one attached hydrogen (secondary N) is 2. The third kappa shape index (κ3) is 9.05. The number of ether oxygens (including phenoxy) is 2. The lowest BCUT2D eigenvalue weighted by molar-refractivity contribution is 0.0520. The van der Waals surface area contributed by atoms with Crippen molar-refractivity contribution in [3.05, 3.63) is 120 Å². The van der Waals surface area contributed by atoms with E-state index in [1.54, 1.807) is 26.8 Å². The van der Waals surface area contributed by atoms with Gasteiger partial charge in [0.15, 0.2) is 0 Å². The van der Waals surface area contributed by atoms with Crippen LogP contribution < -0.4 is 15.4 Å². The zero-order valence-electron chi connectivity index (χ0n) is 28.0. The van der Waals surface area contributed by atoms with Crippen LogP contribution in [0.15, 0.2) is 103 Å². The second kappa shape index (κ2) is 15.1. The van der Waals surface area contributed by atoms with E-state index in [1.165, 1.54) is 0 Å². The van der Waals surface area contributed by atoms with Gasteiger partial charge in [-0.05, 0) is 57.2 Å². The summed E-state index contributed by atoms with van der Waals surface area (Å²) in [5, 5.41) is 8.68. The van der Waals surface area contributed by atoms with Gasteiger partial charge >= 0.3 is 6.09 Å². The number of carbonyl (C=O) groups is 2. The third-order valence-corrected chi connectivity index (χ3v) is 7.74. The first kappa shape index (κ1) is 33.3. The van der Waals surface area contributed by atoms with Gasteiger partial charge in [-0.1, -0.05) is 60.7 Å². The van der Waals surface area contributed by atoms with Crippen molar-refractivity contribution in [2.75, 3.05) is 26.2 Å². The molecule has 250 valence electrons. The van der Waals surface area contributed by atoms with Crippen molar-refractivity contribution in [3.8, 4) is 5.75 Å². The van der Waals surface area contributed by atoms with Gasteiger partial charge in [-0.2, -0.15) is 0 Å². The van der Waals surface area contributed by atoms with Crippen LogP contribution in [-0.4, -0.2) is 63.7 Å². The number of hydrogen-bond acceptors (Lipinski definition) is 8. The van der Waals surface area contributed by atoms with Crippen LogP contribution in [0, 0.1) is 0 Å². The van der Waals surface area contributed by atoms with Crippen LogP contribution in [0.3, 0.4) is 0 Å². The van der Waals surface area contributed by atoms with Crippen LogP contribution in [0.5, 0.6) is 5.75 Å². The van der Waals surface area contributed by atoms with Crippen molar-refractivity contribution in [3.63, 3.8) is 0 Å². The Morgan fingerprint density at radius 1 is 0.694 bits per heavy atom. The molecule has 0 unspecified atom stereocenters. The molecule has 0 atom stereocenters. The molecule has 0 radical (unpaired) electrons. The number of amides is 2. The van der Waals surface area contributed by atoms with E-state index in [1.807, 2.05) is 72.8 Å². The first-order valence-corrected chi connectivity index (χ1v) is 16.4. The molecule has 0 aliphatic rings. The molecule has 3 aromatic heterocycles. The smallest absolute Gasteiger partial charge is 0.407 e. The number of benzene rings is 3. The highest BCUT2D eigenvalue weighted by molar-refractivity contribution is 5.97. The maximum atomic E-state index is 13.4. The first-order valence-electron chi connectivity index (χ1n) is 16.4. The number of para-hydroxylation sites is 3. The Morgan fingerprint density at radius 2 is 1.29 bits per heavy atom. The summed E-state index contributed by atoms with van der Waals surface area (Å²) >= 11 is 0. The summed E-state index contributed by atoms with van der Waals surface area (Å²) in [6, 6.07) is 33.5. The Labute approximate surface area is 285 Å². The second-order valence-electron chi connectivity index (χ2n) is 12.8. The third-order valence-electron chi connectivity index (χ3n) is 7.74. The molecule has 10 heteroatoms. The Hall–Kier alpha value is -5.61. The van der Waals surface area contributed by atoms with E-state index >= 15 is 0 Å². The van der Waals surface area contributed by atoms with Gasteiger partial charge < -0.3 is 20.1 Å². The number of hydrogen-bond donors (Lipinski definition) is 2. The van der Waals surface area contributed by atoms with Gasteiger partial charge in [0, 0.05) is 48.4 Å². The number of carbonyl (C=O) groups excluding carboxylic acids is 2. The summed E-state index contributed by atoms with van der Waals surface area (Å²) in [5.41, 5.74) is 4.04. The fourth-order valence-electron chi connectivity index (χ4n) is 5.49. The summed E-state index contributed by atoms with van der Waals surface area (Å²) in [5.74, 6) is 0.197. The maximum Gasteiger partial charge on any atom is 0.407 e. The van der Waals surface area contributed by atoms with E-state index in [4.69, 9.17) is 19.4 Å². The SMILES string of the molecule is CC(C)(C)OC(=O)NCCOc1cc(C(=O)NCCN(Cc2ccc3ccccc3n2)Cc2ccc3ccccc3n2)nc2ccccc12. The van der Waals surface area contributed by atoms with E-state index in [0.29, 0.717) is 37.4 Å². The molecule has 0 aliphatic heterocycles. The van der Waals surface area contributed by atoms with E-state index in [-0.39, 0.29) is 24.8 Å². The zero-order chi connectivity index (χ0) is 34.2. The number of nitrogens with zero attached hydrogens (tertiary/aromatic N) is 4. The predicted molar refractivity (Wildman–Crippen MR) is 191 cm³/mol. The van der Waals surface area contributed by atoms with Crippen LogP contribution in [0.2, 0.25) is 0 Å². The van der Waals surface area contributed by atoms with Gasteiger partial charge in [0.05, 0.1) is 34.5 Å². The molecule has 0 spiro atoms. The van der Waals surface area contributed by atoms with Gasteiger partial charge in [-0.3, -0.25) is 19.7 Å². The van der Waals surface area contributed by atoms with Crippen molar-refractivity contribution in [2.45, 2.75) is 39.5 Å². The average molecular weight is 657 g/mol. The normalized spacial score (nSPS) is 11.6. The lowest BCUT2D eigenvalue weighted by atomic mass is 10.1. The number of pyridine rings is 3. The fraction of sp³-hybridized carbons (Fsp3) is 0.256. The minimum Gasteiger partial charge on any atom is -0.491 e. The molecular weight excluding hydrogens is 616 g/mol. The minimum absolute atomic E-state index is 0.189. The molecule has 0 fully saturated rings. The Balaban J connectivity index is 1.13. The molecule has 0 saturated heterocycles. The van der Waals surface area contributed by atoms with E-state index in [2.05, 4.69) is 44.8 Å². The maximum absolute atomic E-state index is 13.4. The van der Waals surface area contributed by atoms with Gasteiger partial charge in [-0.25, -0.2) is 9.78 Å². The molecule has 6 aromatic rings. The molecular formula is C39H40N6O4. The molecule has 2 N–H and O–H groups in total. The quantitative estimate of drug-likeness (QED) is 0.140. The fourth-order valence-corrected chi connectivity index (χ4v) is 5.49. The van der Waals surface area contributed by atoms with E-state index < -0.39 is 11.7 Å². The van der Waals surface area contributed by atoms with Gasteiger partial charge in [0.1, 0.15) is 23.7 Å². The van der Waals surface area contributed by atoms with Gasteiger partial charge in [0.25, 0.3) is 5.91 Å². The van der Waals surface area contributed by atoms with Gasteiger partial charge in [-0.15, -0.1) is 0 Å². The topological polar surface area (TPSA) is 119 Å². The molecule has 2 amide bonds. The zero-order valence-corrected chi connectivity index (χ0v) is 28.0. The molecule has 0 bridgehead atoms. The summed E-state index contributed by atoms with van der Waals surface area (Å²) < 4.78 is 11.3. The highest BCUT2D eigenvalue weighted by Crippen LogP contribution is 2.25. The summed E-state index contributed by atoms with van der Waals surface area (Å²) in [4.78, 5) is 42.1. The van der Waals surface area contributed by atoms with Crippen LogP contribution in [-0.2, 0) is 17.8 Å². The van der Waals surface area contributed by atoms with E-state index in [0.717, 1.165) is 38.6 Å². The van der Waals surface area contributed by atoms with Crippen LogP contribution in [0.4, 0.5) is 4.79 Å².